The van der Waals surface area contributed by atoms with Crippen LogP contribution in [0.4, 0.5) is 10.5 Å². The number of hydrogen-bond acceptors (Lipinski definition) is 9. The van der Waals surface area contributed by atoms with Crippen LogP contribution < -0.4 is 21.9 Å². The summed E-state index contributed by atoms with van der Waals surface area (Å²) in [7, 11) is 0. The van der Waals surface area contributed by atoms with E-state index in [9.17, 15) is 19.5 Å². The summed E-state index contributed by atoms with van der Waals surface area (Å²) in [5.74, 6) is 0.115. The number of carbonyl (C=O) groups is 1. The lowest BCUT2D eigenvalue weighted by atomic mass is 10.1. The van der Waals surface area contributed by atoms with Crippen molar-refractivity contribution in [3.63, 3.8) is 0 Å². The molecule has 2 heterocycles. The number of carbonyl (C=O) groups excluding carboxylic acids is 1. The summed E-state index contributed by atoms with van der Waals surface area (Å²) in [6.07, 6.45) is -0.784. The van der Waals surface area contributed by atoms with E-state index >= 15 is 0 Å². The molecular formula is C23H32N6O6. The summed E-state index contributed by atoms with van der Waals surface area (Å²) in [6.45, 7) is 8.09. The van der Waals surface area contributed by atoms with E-state index in [0.29, 0.717) is 24.1 Å². The number of fused-ring (bicyclic) bond motifs is 2. The van der Waals surface area contributed by atoms with Gasteiger partial charge in [0.15, 0.2) is 11.5 Å². The molecule has 0 saturated carbocycles. The van der Waals surface area contributed by atoms with E-state index < -0.39 is 29.0 Å². The van der Waals surface area contributed by atoms with Gasteiger partial charge >= 0.3 is 11.8 Å². The summed E-state index contributed by atoms with van der Waals surface area (Å²) in [5.41, 5.74) is 0.775. The number of nitrogens with one attached hydrogen (secondary N) is 3. The van der Waals surface area contributed by atoms with Crippen LogP contribution in [0.1, 0.15) is 39.2 Å². The topological polar surface area (TPSA) is 171 Å². The van der Waals surface area contributed by atoms with E-state index in [-0.39, 0.29) is 37.5 Å². The first kappa shape index (κ1) is 26.1. The van der Waals surface area contributed by atoms with Crippen LogP contribution in [0.15, 0.2) is 21.7 Å². The maximum Gasteiger partial charge on any atom is 0.407 e. The molecule has 190 valence electrons. The number of anilines is 1. The third kappa shape index (κ3) is 6.76. The number of ether oxygens (including phenoxy) is 1. The zero-order valence-corrected chi connectivity index (χ0v) is 20.3. The SMILES string of the molecule is Cc1cc2nc3c(=O)[nH]c(=O)nc-3n(CC[C@H](O)CCO)c2cc1NCCNC(=O)OC(C)(C)C. The fraction of sp³-hybridized carbons (Fsp3) is 0.522. The van der Waals surface area contributed by atoms with Gasteiger partial charge < -0.3 is 30.2 Å². The van der Waals surface area contributed by atoms with Crippen LogP contribution >= 0.6 is 0 Å². The number of aromatic amines is 1. The standard InChI is InChI=1S/C23H32N6O6/c1-13-11-16-17(12-15(13)24-7-8-25-22(34)35-23(2,3)4)29(9-5-14(31)6-10-30)19-18(26-16)20(32)28-21(33)27-19/h11-12,14,24,30-31H,5-10H2,1-4H3,(H,25,34)(H,28,32,33)/t14-/m0/s1. The van der Waals surface area contributed by atoms with Crippen LogP contribution in [0.25, 0.3) is 22.6 Å². The second-order valence-electron chi connectivity index (χ2n) is 9.27. The molecule has 0 aromatic heterocycles. The van der Waals surface area contributed by atoms with E-state index in [2.05, 4.69) is 25.6 Å². The summed E-state index contributed by atoms with van der Waals surface area (Å²) in [4.78, 5) is 46.7. The van der Waals surface area contributed by atoms with E-state index in [4.69, 9.17) is 9.84 Å². The van der Waals surface area contributed by atoms with Crippen LogP contribution in [0.2, 0.25) is 0 Å². The number of aliphatic hydroxyl groups excluding tert-OH is 2. The van der Waals surface area contributed by atoms with Crippen molar-refractivity contribution in [3.8, 4) is 11.5 Å². The van der Waals surface area contributed by atoms with Crippen molar-refractivity contribution < 1.29 is 19.7 Å². The number of amides is 1. The van der Waals surface area contributed by atoms with E-state index in [1.807, 2.05) is 19.1 Å². The minimum Gasteiger partial charge on any atom is -0.444 e. The number of hydrogen-bond donors (Lipinski definition) is 5. The van der Waals surface area contributed by atoms with Crippen molar-refractivity contribution in [2.24, 2.45) is 0 Å². The summed E-state index contributed by atoms with van der Waals surface area (Å²) >= 11 is 0. The summed E-state index contributed by atoms with van der Waals surface area (Å²) < 4.78 is 6.90. The second-order valence-corrected chi connectivity index (χ2v) is 9.27. The largest absolute Gasteiger partial charge is 0.444 e. The number of alkyl carbamates (subject to hydrolysis) is 1. The molecule has 2 aliphatic rings. The highest BCUT2D eigenvalue weighted by molar-refractivity contribution is 5.84. The predicted molar refractivity (Wildman–Crippen MR) is 131 cm³/mol. The van der Waals surface area contributed by atoms with Gasteiger partial charge in [-0.1, -0.05) is 0 Å². The van der Waals surface area contributed by atoms with Crippen LogP contribution in [0, 0.1) is 6.92 Å². The molecule has 1 aromatic carbocycles. The molecule has 0 bridgehead atoms. The second kappa shape index (κ2) is 10.8. The van der Waals surface area contributed by atoms with Gasteiger partial charge in [-0.2, -0.15) is 4.98 Å². The number of benzene rings is 1. The first-order valence-electron chi connectivity index (χ1n) is 11.4. The average molecular weight is 489 g/mol. The zero-order valence-electron chi connectivity index (χ0n) is 20.3. The maximum absolute atomic E-state index is 12.4. The number of aliphatic hydroxyl groups is 2. The number of H-pyrrole nitrogens is 1. The van der Waals surface area contributed by atoms with Crippen molar-refractivity contribution >= 4 is 22.8 Å². The lowest BCUT2D eigenvalue weighted by Crippen LogP contribution is -2.35. The van der Waals surface area contributed by atoms with Gasteiger partial charge in [-0.15, -0.1) is 0 Å². The first-order valence-corrected chi connectivity index (χ1v) is 11.4. The van der Waals surface area contributed by atoms with Crippen molar-refractivity contribution in [2.75, 3.05) is 25.0 Å². The van der Waals surface area contributed by atoms with Gasteiger partial charge in [0.2, 0.25) is 0 Å². The highest BCUT2D eigenvalue weighted by Gasteiger charge is 2.20. The molecule has 12 heteroatoms. The van der Waals surface area contributed by atoms with E-state index in [1.54, 1.807) is 25.3 Å². The Morgan fingerprint density at radius 1 is 1.20 bits per heavy atom. The van der Waals surface area contributed by atoms with Crippen LogP contribution in [0.5, 0.6) is 0 Å². The van der Waals surface area contributed by atoms with Crippen molar-refractivity contribution in [1.29, 1.82) is 0 Å². The molecule has 3 rings (SSSR count). The normalized spacial score (nSPS) is 12.6. The molecule has 12 nitrogen and oxygen atoms in total. The highest BCUT2D eigenvalue weighted by atomic mass is 16.6. The molecule has 0 saturated heterocycles. The Kier molecular flexibility index (Phi) is 8.07. The third-order valence-electron chi connectivity index (χ3n) is 5.21. The monoisotopic (exact) mass is 488 g/mol. The quantitative estimate of drug-likeness (QED) is 0.217. The Labute approximate surface area is 201 Å². The fourth-order valence-corrected chi connectivity index (χ4v) is 3.61. The third-order valence-corrected chi connectivity index (χ3v) is 5.21. The minimum absolute atomic E-state index is 0.0235. The predicted octanol–water partition coefficient (Wildman–Crippen LogP) is 0.963. The Morgan fingerprint density at radius 3 is 2.63 bits per heavy atom. The van der Waals surface area contributed by atoms with Crippen molar-refractivity contribution in [2.45, 2.75) is 58.8 Å². The summed E-state index contributed by atoms with van der Waals surface area (Å²) in [6, 6.07) is 3.64. The maximum atomic E-state index is 12.4. The molecule has 35 heavy (non-hydrogen) atoms. The van der Waals surface area contributed by atoms with Crippen LogP contribution in [-0.2, 0) is 11.3 Å². The molecular weight excluding hydrogens is 456 g/mol. The molecule has 0 aliphatic carbocycles. The van der Waals surface area contributed by atoms with Gasteiger partial charge in [0, 0.05) is 31.9 Å². The van der Waals surface area contributed by atoms with Crippen LogP contribution in [-0.4, -0.2) is 67.2 Å². The summed E-state index contributed by atoms with van der Waals surface area (Å²) in [5, 5.41) is 25.2. The van der Waals surface area contributed by atoms with Crippen molar-refractivity contribution in [3.05, 3.63) is 38.5 Å². The number of aryl methyl sites for hydroxylation is 2. The van der Waals surface area contributed by atoms with Crippen molar-refractivity contribution in [1.82, 2.24) is 24.8 Å². The lowest BCUT2D eigenvalue weighted by Gasteiger charge is -2.20. The molecule has 5 N–H and O–H groups in total. The number of aromatic nitrogens is 4. The smallest absolute Gasteiger partial charge is 0.407 e. The first-order chi connectivity index (χ1) is 16.5. The Balaban J connectivity index is 1.92. The molecule has 0 unspecified atom stereocenters. The lowest BCUT2D eigenvalue weighted by molar-refractivity contribution is 0.0530. The average Bonchev–Trinajstić information content (AvgIpc) is 2.74. The molecule has 1 aromatic rings. The van der Waals surface area contributed by atoms with E-state index in [0.717, 1.165) is 11.3 Å². The van der Waals surface area contributed by atoms with Gasteiger partial charge in [0.25, 0.3) is 5.56 Å². The Bertz CT molecular complexity index is 1280. The highest BCUT2D eigenvalue weighted by Crippen LogP contribution is 2.27. The fourth-order valence-electron chi connectivity index (χ4n) is 3.61. The molecule has 1 atom stereocenters. The van der Waals surface area contributed by atoms with Crippen LogP contribution in [0.3, 0.4) is 0 Å². The number of nitrogens with zero attached hydrogens (tertiary/aromatic N) is 3. The van der Waals surface area contributed by atoms with Gasteiger partial charge in [-0.25, -0.2) is 14.6 Å². The van der Waals surface area contributed by atoms with Gasteiger partial charge in [-0.3, -0.25) is 9.78 Å². The number of rotatable bonds is 9. The molecule has 0 spiro atoms. The molecule has 0 fully saturated rings. The zero-order chi connectivity index (χ0) is 25.8. The van der Waals surface area contributed by atoms with E-state index in [1.165, 1.54) is 0 Å². The Morgan fingerprint density at radius 2 is 1.94 bits per heavy atom. The molecule has 2 aliphatic heterocycles. The van der Waals surface area contributed by atoms with Gasteiger partial charge in [0.1, 0.15) is 5.60 Å². The van der Waals surface area contributed by atoms with Gasteiger partial charge in [0.05, 0.1) is 17.1 Å². The van der Waals surface area contributed by atoms with Gasteiger partial charge in [-0.05, 0) is 58.2 Å². The molecule has 0 radical (unpaired) electrons. The molecule has 1 amide bonds. The minimum atomic E-state index is -0.785. The Hall–Kier alpha value is -3.51.